The molecule has 0 aliphatic carbocycles. The van der Waals surface area contributed by atoms with E-state index in [2.05, 4.69) is 0 Å². The molecule has 1 unspecified atom stereocenters. The van der Waals surface area contributed by atoms with Crippen LogP contribution in [0.2, 0.25) is 5.02 Å². The summed E-state index contributed by atoms with van der Waals surface area (Å²) in [5.41, 5.74) is 6.67. The van der Waals surface area contributed by atoms with Crippen LogP contribution in [0.25, 0.3) is 0 Å². The van der Waals surface area contributed by atoms with Crippen LogP contribution in [-0.2, 0) is 0 Å². The fourth-order valence-corrected chi connectivity index (χ4v) is 2.51. The number of amides is 1. The summed E-state index contributed by atoms with van der Waals surface area (Å²) in [5.74, 6) is 0.312. The smallest absolute Gasteiger partial charge is 0.255 e. The molecule has 98 valence electrons. The zero-order chi connectivity index (χ0) is 13.1. The molecule has 1 aromatic carbocycles. The lowest BCUT2D eigenvalue weighted by Crippen LogP contribution is -2.29. The van der Waals surface area contributed by atoms with E-state index in [0.29, 0.717) is 35.3 Å². The Labute approximate surface area is 111 Å². The first-order chi connectivity index (χ1) is 8.61. The highest BCUT2D eigenvalue weighted by molar-refractivity contribution is 6.34. The fraction of sp³-hybridized carbons (Fsp3) is 0.462. The number of halogens is 1. The van der Waals surface area contributed by atoms with Gasteiger partial charge in [0.05, 0.1) is 10.6 Å². The highest BCUT2D eigenvalue weighted by Gasteiger charge is 2.27. The van der Waals surface area contributed by atoms with E-state index in [9.17, 15) is 4.79 Å². The molecule has 0 radical (unpaired) electrons. The van der Waals surface area contributed by atoms with Crippen LogP contribution < -0.4 is 5.73 Å². The Bertz CT molecular complexity index is 451. The zero-order valence-corrected chi connectivity index (χ0v) is 10.9. The van der Waals surface area contributed by atoms with Crippen molar-refractivity contribution < 1.29 is 9.90 Å². The van der Waals surface area contributed by atoms with Crippen molar-refractivity contribution in [2.24, 2.45) is 5.92 Å². The van der Waals surface area contributed by atoms with Crippen molar-refractivity contribution in [3.8, 4) is 0 Å². The highest BCUT2D eigenvalue weighted by Crippen LogP contribution is 2.25. The Hall–Kier alpha value is -1.26. The Morgan fingerprint density at radius 3 is 3.06 bits per heavy atom. The van der Waals surface area contributed by atoms with Crippen LogP contribution in [0.15, 0.2) is 18.2 Å². The van der Waals surface area contributed by atoms with Crippen molar-refractivity contribution in [1.29, 1.82) is 0 Å². The number of aliphatic hydroxyl groups excluding tert-OH is 1. The first kappa shape index (κ1) is 13.2. The van der Waals surface area contributed by atoms with Crippen molar-refractivity contribution in [3.05, 3.63) is 28.8 Å². The van der Waals surface area contributed by atoms with Crippen LogP contribution in [0, 0.1) is 5.92 Å². The first-order valence-corrected chi connectivity index (χ1v) is 6.44. The van der Waals surface area contributed by atoms with Gasteiger partial charge in [-0.3, -0.25) is 4.79 Å². The maximum Gasteiger partial charge on any atom is 0.255 e. The van der Waals surface area contributed by atoms with E-state index in [4.69, 9.17) is 22.4 Å². The van der Waals surface area contributed by atoms with Gasteiger partial charge in [-0.05, 0) is 37.0 Å². The summed E-state index contributed by atoms with van der Waals surface area (Å²) in [6.07, 6.45) is 1.68. The molecule has 4 nitrogen and oxygen atoms in total. The molecule has 0 aromatic heterocycles. The molecule has 1 aliphatic heterocycles. The van der Waals surface area contributed by atoms with E-state index in [0.717, 1.165) is 12.8 Å². The van der Waals surface area contributed by atoms with Crippen molar-refractivity contribution in [1.82, 2.24) is 4.90 Å². The van der Waals surface area contributed by atoms with Gasteiger partial charge in [-0.25, -0.2) is 0 Å². The summed E-state index contributed by atoms with van der Waals surface area (Å²) in [4.78, 5) is 14.1. The van der Waals surface area contributed by atoms with Gasteiger partial charge in [0, 0.05) is 25.4 Å². The molecule has 2 rings (SSSR count). The minimum atomic E-state index is -0.0762. The highest BCUT2D eigenvalue weighted by atomic mass is 35.5. The predicted molar refractivity (Wildman–Crippen MR) is 71.6 cm³/mol. The molecule has 1 aliphatic rings. The maximum atomic E-state index is 12.3. The Morgan fingerprint density at radius 2 is 2.33 bits per heavy atom. The number of carbonyl (C=O) groups excluding carboxylic acids is 1. The van der Waals surface area contributed by atoms with Gasteiger partial charge in [-0.2, -0.15) is 0 Å². The summed E-state index contributed by atoms with van der Waals surface area (Å²) in [6, 6.07) is 4.94. The van der Waals surface area contributed by atoms with Gasteiger partial charge < -0.3 is 15.7 Å². The number of nitrogens with two attached hydrogens (primary N) is 1. The molecule has 1 aromatic rings. The fourth-order valence-electron chi connectivity index (χ4n) is 2.31. The molecular weight excluding hydrogens is 252 g/mol. The summed E-state index contributed by atoms with van der Waals surface area (Å²) in [7, 11) is 0. The second-order valence-electron chi connectivity index (χ2n) is 4.66. The largest absolute Gasteiger partial charge is 0.399 e. The number of hydrogen-bond donors (Lipinski definition) is 2. The number of anilines is 1. The second-order valence-corrected chi connectivity index (χ2v) is 5.06. The number of hydrogen-bond acceptors (Lipinski definition) is 3. The van der Waals surface area contributed by atoms with Gasteiger partial charge in [0.1, 0.15) is 0 Å². The van der Waals surface area contributed by atoms with Crippen LogP contribution in [0.1, 0.15) is 23.2 Å². The summed E-state index contributed by atoms with van der Waals surface area (Å²) < 4.78 is 0. The number of benzene rings is 1. The van der Waals surface area contributed by atoms with Crippen LogP contribution in [0.3, 0.4) is 0 Å². The lowest BCUT2D eigenvalue weighted by Gasteiger charge is -2.17. The number of nitrogens with zero attached hydrogens (tertiary/aromatic N) is 1. The third-order valence-corrected chi connectivity index (χ3v) is 3.66. The van der Waals surface area contributed by atoms with Gasteiger partial charge in [0.25, 0.3) is 5.91 Å². The van der Waals surface area contributed by atoms with E-state index < -0.39 is 0 Å². The molecule has 1 atom stereocenters. The minimum Gasteiger partial charge on any atom is -0.399 e. The van der Waals surface area contributed by atoms with Crippen molar-refractivity contribution in [2.45, 2.75) is 12.8 Å². The molecule has 1 saturated heterocycles. The van der Waals surface area contributed by atoms with Crippen LogP contribution >= 0.6 is 11.6 Å². The third kappa shape index (κ3) is 2.76. The predicted octanol–water partition coefficient (Wildman–Crippen LogP) is 1.77. The van der Waals surface area contributed by atoms with Crippen LogP contribution in [-0.4, -0.2) is 35.6 Å². The Morgan fingerprint density at radius 1 is 1.56 bits per heavy atom. The summed E-state index contributed by atoms with van der Waals surface area (Å²) in [5, 5.41) is 9.34. The topological polar surface area (TPSA) is 66.6 Å². The monoisotopic (exact) mass is 268 g/mol. The molecule has 0 saturated carbocycles. The van der Waals surface area contributed by atoms with Gasteiger partial charge >= 0.3 is 0 Å². The van der Waals surface area contributed by atoms with Gasteiger partial charge in [-0.15, -0.1) is 0 Å². The standard InChI is InChI=1S/C13H17ClN2O2/c14-12-2-1-10(15)7-11(12)13(18)16-5-3-9(8-16)4-6-17/h1-2,7,9,17H,3-6,8,15H2. The van der Waals surface area contributed by atoms with E-state index in [1.165, 1.54) is 0 Å². The normalized spacial score (nSPS) is 19.2. The van der Waals surface area contributed by atoms with E-state index in [1.807, 2.05) is 0 Å². The number of rotatable bonds is 3. The molecule has 5 heteroatoms. The Balaban J connectivity index is 2.10. The van der Waals surface area contributed by atoms with Crippen molar-refractivity contribution in [3.63, 3.8) is 0 Å². The molecule has 0 spiro atoms. The van der Waals surface area contributed by atoms with Gasteiger partial charge in [0.2, 0.25) is 0 Å². The zero-order valence-electron chi connectivity index (χ0n) is 10.1. The molecule has 1 amide bonds. The van der Waals surface area contributed by atoms with Crippen molar-refractivity contribution >= 4 is 23.2 Å². The SMILES string of the molecule is Nc1ccc(Cl)c(C(=O)N2CCC(CCO)C2)c1. The average Bonchev–Trinajstić information content (AvgIpc) is 2.80. The van der Waals surface area contributed by atoms with Crippen molar-refractivity contribution in [2.75, 3.05) is 25.4 Å². The molecule has 3 N–H and O–H groups in total. The summed E-state index contributed by atoms with van der Waals surface area (Å²) >= 11 is 6.02. The molecule has 0 bridgehead atoms. The lowest BCUT2D eigenvalue weighted by molar-refractivity contribution is 0.0785. The quantitative estimate of drug-likeness (QED) is 0.821. The Kier molecular flexibility index (Phi) is 4.09. The number of likely N-dealkylation sites (tertiary alicyclic amines) is 1. The van der Waals surface area contributed by atoms with E-state index in [-0.39, 0.29) is 12.5 Å². The number of nitrogen functional groups attached to an aromatic ring is 1. The van der Waals surface area contributed by atoms with E-state index >= 15 is 0 Å². The number of carbonyl (C=O) groups is 1. The summed E-state index contributed by atoms with van der Waals surface area (Å²) in [6.45, 7) is 1.57. The van der Waals surface area contributed by atoms with Crippen LogP contribution in [0.4, 0.5) is 5.69 Å². The van der Waals surface area contributed by atoms with E-state index in [1.54, 1.807) is 23.1 Å². The first-order valence-electron chi connectivity index (χ1n) is 6.07. The third-order valence-electron chi connectivity index (χ3n) is 3.33. The molecule has 1 heterocycles. The molecule has 1 fully saturated rings. The second kappa shape index (κ2) is 5.59. The lowest BCUT2D eigenvalue weighted by atomic mass is 10.1. The molecule has 18 heavy (non-hydrogen) atoms. The maximum absolute atomic E-state index is 12.3. The van der Waals surface area contributed by atoms with Crippen LogP contribution in [0.5, 0.6) is 0 Å². The van der Waals surface area contributed by atoms with Gasteiger partial charge in [-0.1, -0.05) is 11.6 Å². The molecular formula is C13H17ClN2O2. The minimum absolute atomic E-state index is 0.0762. The van der Waals surface area contributed by atoms with Gasteiger partial charge in [0.15, 0.2) is 0 Å². The average molecular weight is 269 g/mol. The number of aliphatic hydroxyl groups is 1.